The quantitative estimate of drug-likeness (QED) is 0.316. The van der Waals surface area contributed by atoms with Crippen LogP contribution in [0.25, 0.3) is 6.08 Å². The Hall–Kier alpha value is -3.85. The summed E-state index contributed by atoms with van der Waals surface area (Å²) in [5.41, 5.74) is 2.16. The van der Waals surface area contributed by atoms with E-state index in [1.54, 1.807) is 43.9 Å². The maximum atomic E-state index is 14.0. The molecule has 4 rings (SSSR count). The standard InChI is InChI=1S/C31H36N2O6S/c1-7-9-24-27(30(35)38-8-2)28(23-17-22(36-5)14-15-25(23)37-6)33-29(34)26(40-31(33)32-24)16-20-10-12-21(13-11-20)39-18-19(3)4/h10-17,19,28H,7-9,18H2,1-6H3/b26-16-/t28-/m0/s1. The molecular weight excluding hydrogens is 528 g/mol. The lowest BCUT2D eigenvalue weighted by Crippen LogP contribution is -2.40. The Bertz CT molecular complexity index is 1570. The highest BCUT2D eigenvalue weighted by molar-refractivity contribution is 7.07. The number of benzene rings is 2. The van der Waals surface area contributed by atoms with Crippen molar-refractivity contribution in [1.29, 1.82) is 0 Å². The SMILES string of the molecule is CCCC1=C(C(=O)OCC)[C@H](c2cc(OC)ccc2OC)n2c(s/c(=C\c3ccc(OCC(C)C)cc3)c2=O)=N1. The Labute approximate surface area is 238 Å². The van der Waals surface area contributed by atoms with Crippen LogP contribution >= 0.6 is 11.3 Å². The lowest BCUT2D eigenvalue weighted by atomic mass is 9.93. The molecule has 40 heavy (non-hydrogen) atoms. The maximum absolute atomic E-state index is 14.0. The summed E-state index contributed by atoms with van der Waals surface area (Å²) in [6, 6.07) is 12.2. The van der Waals surface area contributed by atoms with Crippen molar-refractivity contribution in [3.63, 3.8) is 0 Å². The van der Waals surface area contributed by atoms with Gasteiger partial charge >= 0.3 is 5.97 Å². The van der Waals surface area contributed by atoms with Gasteiger partial charge in [-0.2, -0.15) is 0 Å². The number of methoxy groups -OCH3 is 2. The largest absolute Gasteiger partial charge is 0.497 e. The molecule has 0 bridgehead atoms. The number of ether oxygens (including phenoxy) is 4. The second-order valence-electron chi connectivity index (χ2n) is 9.80. The molecule has 0 aliphatic carbocycles. The molecule has 212 valence electrons. The molecule has 0 spiro atoms. The van der Waals surface area contributed by atoms with Gasteiger partial charge in [0.25, 0.3) is 5.56 Å². The predicted octanol–water partition coefficient (Wildman–Crippen LogP) is 4.63. The van der Waals surface area contributed by atoms with Crippen LogP contribution < -0.4 is 29.1 Å². The van der Waals surface area contributed by atoms with Crippen LogP contribution in [0, 0.1) is 5.92 Å². The van der Waals surface area contributed by atoms with Gasteiger partial charge in [-0.15, -0.1) is 0 Å². The molecule has 0 saturated carbocycles. The van der Waals surface area contributed by atoms with Crippen LogP contribution in [0.2, 0.25) is 0 Å². The van der Waals surface area contributed by atoms with Gasteiger partial charge in [-0.05, 0) is 61.2 Å². The van der Waals surface area contributed by atoms with Crippen LogP contribution in [0.1, 0.15) is 57.7 Å². The number of allylic oxidation sites excluding steroid dienone is 1. The molecule has 1 aliphatic heterocycles. The summed E-state index contributed by atoms with van der Waals surface area (Å²) in [4.78, 5) is 32.8. The third-order valence-electron chi connectivity index (χ3n) is 6.38. The molecule has 3 aromatic rings. The number of aromatic nitrogens is 1. The lowest BCUT2D eigenvalue weighted by Gasteiger charge is -2.27. The number of esters is 1. The number of nitrogens with zero attached hydrogens (tertiary/aromatic N) is 2. The van der Waals surface area contributed by atoms with Crippen molar-refractivity contribution in [3.8, 4) is 17.2 Å². The molecule has 8 nitrogen and oxygen atoms in total. The van der Waals surface area contributed by atoms with Crippen molar-refractivity contribution < 1.29 is 23.7 Å². The van der Waals surface area contributed by atoms with E-state index in [2.05, 4.69) is 13.8 Å². The molecule has 0 unspecified atom stereocenters. The summed E-state index contributed by atoms with van der Waals surface area (Å²) < 4.78 is 24.5. The van der Waals surface area contributed by atoms with E-state index in [0.29, 0.717) is 56.6 Å². The molecule has 2 aromatic carbocycles. The average Bonchev–Trinajstić information content (AvgIpc) is 3.25. The van der Waals surface area contributed by atoms with Gasteiger partial charge in [0, 0.05) is 5.56 Å². The predicted molar refractivity (Wildman–Crippen MR) is 156 cm³/mol. The van der Waals surface area contributed by atoms with Gasteiger partial charge in [0.2, 0.25) is 0 Å². The molecule has 1 aromatic heterocycles. The Balaban J connectivity index is 1.92. The zero-order chi connectivity index (χ0) is 28.8. The van der Waals surface area contributed by atoms with Crippen molar-refractivity contribution in [2.75, 3.05) is 27.4 Å². The third-order valence-corrected chi connectivity index (χ3v) is 7.37. The zero-order valence-corrected chi connectivity index (χ0v) is 24.7. The second-order valence-corrected chi connectivity index (χ2v) is 10.8. The first-order valence-corrected chi connectivity index (χ1v) is 14.3. The van der Waals surface area contributed by atoms with E-state index in [0.717, 1.165) is 17.7 Å². The van der Waals surface area contributed by atoms with Crippen molar-refractivity contribution in [1.82, 2.24) is 4.57 Å². The van der Waals surface area contributed by atoms with E-state index in [-0.39, 0.29) is 12.2 Å². The summed E-state index contributed by atoms with van der Waals surface area (Å²) in [7, 11) is 3.13. The van der Waals surface area contributed by atoms with Crippen LogP contribution in [0.4, 0.5) is 0 Å². The van der Waals surface area contributed by atoms with Crippen molar-refractivity contribution >= 4 is 23.4 Å². The fraction of sp³-hybridized carbons (Fsp3) is 0.387. The first-order valence-electron chi connectivity index (χ1n) is 13.5. The van der Waals surface area contributed by atoms with Gasteiger partial charge in [0.15, 0.2) is 4.80 Å². The maximum Gasteiger partial charge on any atom is 0.338 e. The topological polar surface area (TPSA) is 88.4 Å². The second kappa shape index (κ2) is 13.0. The average molecular weight is 565 g/mol. The minimum atomic E-state index is -0.796. The van der Waals surface area contributed by atoms with Crippen molar-refractivity contribution in [2.24, 2.45) is 10.9 Å². The Morgan fingerprint density at radius 2 is 1.80 bits per heavy atom. The van der Waals surface area contributed by atoms with E-state index < -0.39 is 12.0 Å². The smallest absolute Gasteiger partial charge is 0.338 e. The molecule has 0 N–H and O–H groups in total. The Morgan fingerprint density at radius 1 is 1.07 bits per heavy atom. The minimum absolute atomic E-state index is 0.199. The van der Waals surface area contributed by atoms with Gasteiger partial charge < -0.3 is 18.9 Å². The first-order chi connectivity index (χ1) is 19.3. The number of hydrogen-bond donors (Lipinski definition) is 0. The van der Waals surface area contributed by atoms with E-state index >= 15 is 0 Å². The summed E-state index contributed by atoms with van der Waals surface area (Å²) in [5.74, 6) is 1.80. The Kier molecular flexibility index (Phi) is 9.47. The van der Waals surface area contributed by atoms with Gasteiger partial charge in [0.1, 0.15) is 23.3 Å². The molecule has 0 radical (unpaired) electrons. The molecule has 9 heteroatoms. The first kappa shape index (κ1) is 29.1. The molecule has 2 heterocycles. The van der Waals surface area contributed by atoms with Gasteiger partial charge in [-0.25, -0.2) is 9.79 Å². The van der Waals surface area contributed by atoms with Gasteiger partial charge in [-0.1, -0.05) is 50.7 Å². The normalized spacial score (nSPS) is 15.1. The number of thiazole rings is 1. The minimum Gasteiger partial charge on any atom is -0.497 e. The summed E-state index contributed by atoms with van der Waals surface area (Å²) in [6.07, 6.45) is 3.16. The summed E-state index contributed by atoms with van der Waals surface area (Å²) in [6.45, 7) is 8.81. The third kappa shape index (κ3) is 6.14. The van der Waals surface area contributed by atoms with Crippen LogP contribution in [-0.4, -0.2) is 38.0 Å². The molecule has 0 fully saturated rings. The van der Waals surface area contributed by atoms with Crippen LogP contribution in [0.15, 0.2) is 63.5 Å². The lowest BCUT2D eigenvalue weighted by molar-refractivity contribution is -0.139. The molecule has 0 saturated heterocycles. The number of carbonyl (C=O) groups excluding carboxylic acids is 1. The van der Waals surface area contributed by atoms with Crippen LogP contribution in [-0.2, 0) is 9.53 Å². The zero-order valence-electron chi connectivity index (χ0n) is 23.9. The number of hydrogen-bond acceptors (Lipinski definition) is 8. The van der Waals surface area contributed by atoms with E-state index in [1.807, 2.05) is 37.3 Å². The van der Waals surface area contributed by atoms with E-state index in [1.165, 1.54) is 11.3 Å². The van der Waals surface area contributed by atoms with E-state index in [9.17, 15) is 9.59 Å². The Morgan fingerprint density at radius 3 is 2.42 bits per heavy atom. The molecular formula is C31H36N2O6S. The fourth-order valence-electron chi connectivity index (χ4n) is 4.54. The molecule has 1 atom stereocenters. The highest BCUT2D eigenvalue weighted by Crippen LogP contribution is 2.38. The van der Waals surface area contributed by atoms with Crippen LogP contribution in [0.3, 0.4) is 0 Å². The fourth-order valence-corrected chi connectivity index (χ4v) is 5.56. The number of rotatable bonds is 11. The summed E-state index contributed by atoms with van der Waals surface area (Å²) in [5, 5.41) is 0. The highest BCUT2D eigenvalue weighted by Gasteiger charge is 2.36. The van der Waals surface area contributed by atoms with Gasteiger partial charge in [-0.3, -0.25) is 9.36 Å². The number of carbonyl (C=O) groups is 1. The van der Waals surface area contributed by atoms with Crippen molar-refractivity contribution in [3.05, 3.63) is 84.5 Å². The number of fused-ring (bicyclic) bond motifs is 1. The van der Waals surface area contributed by atoms with Crippen LogP contribution in [0.5, 0.6) is 17.2 Å². The van der Waals surface area contributed by atoms with Crippen molar-refractivity contribution in [2.45, 2.75) is 46.6 Å². The van der Waals surface area contributed by atoms with Gasteiger partial charge in [0.05, 0.1) is 43.2 Å². The molecule has 1 aliphatic rings. The van der Waals surface area contributed by atoms with E-state index in [4.69, 9.17) is 23.9 Å². The molecule has 0 amide bonds. The summed E-state index contributed by atoms with van der Waals surface area (Å²) >= 11 is 1.29. The highest BCUT2D eigenvalue weighted by atomic mass is 32.1. The monoisotopic (exact) mass is 564 g/mol.